The summed E-state index contributed by atoms with van der Waals surface area (Å²) in [7, 11) is 0. The van der Waals surface area contributed by atoms with E-state index in [1.54, 1.807) is 0 Å². The van der Waals surface area contributed by atoms with Crippen LogP contribution in [-0.2, 0) is 16.0 Å². The number of rotatable bonds is 10. The van der Waals surface area contributed by atoms with Crippen LogP contribution in [0.5, 0.6) is 0 Å². The van der Waals surface area contributed by atoms with E-state index in [4.69, 9.17) is 5.73 Å². The molecule has 4 N–H and O–H groups in total. The molecule has 5 heteroatoms. The lowest BCUT2D eigenvalue weighted by Crippen LogP contribution is -2.47. The molecule has 1 aromatic rings. The van der Waals surface area contributed by atoms with Crippen LogP contribution in [0.2, 0.25) is 0 Å². The van der Waals surface area contributed by atoms with Crippen LogP contribution in [0.4, 0.5) is 0 Å². The minimum atomic E-state index is -0.459. The van der Waals surface area contributed by atoms with Crippen LogP contribution in [0.1, 0.15) is 38.2 Å². The molecule has 122 valence electrons. The summed E-state index contributed by atoms with van der Waals surface area (Å²) >= 11 is 0. The van der Waals surface area contributed by atoms with Crippen molar-refractivity contribution < 1.29 is 9.59 Å². The van der Waals surface area contributed by atoms with Gasteiger partial charge in [-0.1, -0.05) is 43.7 Å². The van der Waals surface area contributed by atoms with Gasteiger partial charge < -0.3 is 16.4 Å². The Morgan fingerprint density at radius 1 is 1.18 bits per heavy atom. The zero-order valence-electron chi connectivity index (χ0n) is 13.3. The Balaban J connectivity index is 2.44. The van der Waals surface area contributed by atoms with Crippen molar-refractivity contribution in [2.75, 3.05) is 13.1 Å². The molecular weight excluding hydrogens is 278 g/mol. The average Bonchev–Trinajstić information content (AvgIpc) is 2.52. The van der Waals surface area contributed by atoms with E-state index in [1.807, 2.05) is 37.3 Å². The minimum Gasteiger partial charge on any atom is -0.354 e. The normalized spacial score (nSPS) is 11.7. The fourth-order valence-corrected chi connectivity index (χ4v) is 2.19. The molecule has 5 nitrogen and oxygen atoms in total. The Labute approximate surface area is 132 Å². The third kappa shape index (κ3) is 7.22. The Bertz CT molecular complexity index is 448. The molecule has 0 saturated heterocycles. The highest BCUT2D eigenvalue weighted by Gasteiger charge is 2.19. The Hall–Kier alpha value is -1.88. The molecule has 0 heterocycles. The third-order valence-electron chi connectivity index (χ3n) is 3.37. The molecule has 1 atom stereocenters. The predicted molar refractivity (Wildman–Crippen MR) is 88.3 cm³/mol. The van der Waals surface area contributed by atoms with Crippen molar-refractivity contribution in [3.05, 3.63) is 35.9 Å². The number of carbonyl (C=O) groups is 2. The van der Waals surface area contributed by atoms with Crippen LogP contribution in [0.3, 0.4) is 0 Å². The smallest absolute Gasteiger partial charge is 0.242 e. The first kappa shape index (κ1) is 18.2. The number of hydrogen-bond donors (Lipinski definition) is 3. The Kier molecular flexibility index (Phi) is 8.91. The van der Waals surface area contributed by atoms with Crippen LogP contribution < -0.4 is 16.4 Å². The second-order valence-electron chi connectivity index (χ2n) is 5.36. The first-order valence-electron chi connectivity index (χ1n) is 7.98. The van der Waals surface area contributed by atoms with Crippen molar-refractivity contribution in [1.29, 1.82) is 0 Å². The van der Waals surface area contributed by atoms with Gasteiger partial charge in [0.05, 0.1) is 6.42 Å². The van der Waals surface area contributed by atoms with Gasteiger partial charge in [-0.2, -0.15) is 0 Å². The first-order chi connectivity index (χ1) is 10.7. The SMILES string of the molecule is CCCC(NC(=O)Cc1ccccc1)C(=O)NCCCCN. The van der Waals surface area contributed by atoms with E-state index in [0.29, 0.717) is 25.9 Å². The van der Waals surface area contributed by atoms with Gasteiger partial charge in [-0.25, -0.2) is 0 Å². The molecule has 0 aliphatic rings. The average molecular weight is 305 g/mol. The van der Waals surface area contributed by atoms with Gasteiger partial charge in [-0.05, 0) is 31.4 Å². The molecule has 0 aromatic heterocycles. The highest BCUT2D eigenvalue weighted by Crippen LogP contribution is 2.02. The van der Waals surface area contributed by atoms with E-state index in [0.717, 1.165) is 24.8 Å². The third-order valence-corrected chi connectivity index (χ3v) is 3.37. The number of nitrogens with two attached hydrogens (primary N) is 1. The van der Waals surface area contributed by atoms with E-state index in [2.05, 4.69) is 10.6 Å². The lowest BCUT2D eigenvalue weighted by atomic mass is 10.1. The zero-order valence-corrected chi connectivity index (χ0v) is 13.3. The second-order valence-corrected chi connectivity index (χ2v) is 5.36. The van der Waals surface area contributed by atoms with Gasteiger partial charge in [0.1, 0.15) is 6.04 Å². The maximum Gasteiger partial charge on any atom is 0.242 e. The summed E-state index contributed by atoms with van der Waals surface area (Å²) in [6.45, 7) is 3.23. The van der Waals surface area contributed by atoms with Crippen LogP contribution in [0.15, 0.2) is 30.3 Å². The number of hydrogen-bond acceptors (Lipinski definition) is 3. The van der Waals surface area contributed by atoms with Crippen molar-refractivity contribution in [2.24, 2.45) is 5.73 Å². The Morgan fingerprint density at radius 3 is 2.55 bits per heavy atom. The van der Waals surface area contributed by atoms with Crippen molar-refractivity contribution in [1.82, 2.24) is 10.6 Å². The summed E-state index contributed by atoms with van der Waals surface area (Å²) < 4.78 is 0. The summed E-state index contributed by atoms with van der Waals surface area (Å²) in [6.07, 6.45) is 3.52. The molecule has 1 rings (SSSR count). The summed E-state index contributed by atoms with van der Waals surface area (Å²) in [4.78, 5) is 24.2. The summed E-state index contributed by atoms with van der Waals surface area (Å²) in [5.41, 5.74) is 6.37. The van der Waals surface area contributed by atoms with Crippen molar-refractivity contribution >= 4 is 11.8 Å². The molecule has 0 bridgehead atoms. The van der Waals surface area contributed by atoms with Gasteiger partial charge in [0.25, 0.3) is 0 Å². The van der Waals surface area contributed by atoms with Gasteiger partial charge >= 0.3 is 0 Å². The molecular formula is C17H27N3O2. The van der Waals surface area contributed by atoms with E-state index < -0.39 is 6.04 Å². The topological polar surface area (TPSA) is 84.2 Å². The monoisotopic (exact) mass is 305 g/mol. The molecule has 0 saturated carbocycles. The predicted octanol–water partition coefficient (Wildman–Crippen LogP) is 1.37. The molecule has 0 aliphatic heterocycles. The van der Waals surface area contributed by atoms with Gasteiger partial charge in [0, 0.05) is 6.54 Å². The molecule has 0 aliphatic carbocycles. The Morgan fingerprint density at radius 2 is 1.91 bits per heavy atom. The van der Waals surface area contributed by atoms with Gasteiger partial charge in [-0.15, -0.1) is 0 Å². The van der Waals surface area contributed by atoms with Gasteiger partial charge in [-0.3, -0.25) is 9.59 Å². The zero-order chi connectivity index (χ0) is 16.2. The van der Waals surface area contributed by atoms with E-state index >= 15 is 0 Å². The lowest BCUT2D eigenvalue weighted by molar-refractivity contribution is -0.128. The lowest BCUT2D eigenvalue weighted by Gasteiger charge is -2.18. The fourth-order valence-electron chi connectivity index (χ4n) is 2.19. The number of unbranched alkanes of at least 4 members (excludes halogenated alkanes) is 1. The van der Waals surface area contributed by atoms with E-state index in [-0.39, 0.29) is 11.8 Å². The van der Waals surface area contributed by atoms with Crippen LogP contribution in [0.25, 0.3) is 0 Å². The highest BCUT2D eigenvalue weighted by atomic mass is 16.2. The summed E-state index contributed by atoms with van der Waals surface area (Å²) in [5, 5.41) is 5.69. The first-order valence-corrected chi connectivity index (χ1v) is 7.98. The quantitative estimate of drug-likeness (QED) is 0.571. The van der Waals surface area contributed by atoms with Crippen LogP contribution in [0, 0.1) is 0 Å². The highest BCUT2D eigenvalue weighted by molar-refractivity contribution is 5.88. The second kappa shape index (κ2) is 10.8. The van der Waals surface area contributed by atoms with E-state index in [1.165, 1.54) is 0 Å². The van der Waals surface area contributed by atoms with E-state index in [9.17, 15) is 9.59 Å². The number of carbonyl (C=O) groups excluding carboxylic acids is 2. The number of nitrogens with one attached hydrogen (secondary N) is 2. The van der Waals surface area contributed by atoms with Crippen LogP contribution >= 0.6 is 0 Å². The minimum absolute atomic E-state index is 0.111. The molecule has 0 radical (unpaired) electrons. The van der Waals surface area contributed by atoms with Gasteiger partial charge in [0.15, 0.2) is 0 Å². The maximum atomic E-state index is 12.1. The number of benzene rings is 1. The van der Waals surface area contributed by atoms with Crippen molar-refractivity contribution in [3.8, 4) is 0 Å². The summed E-state index contributed by atoms with van der Waals surface area (Å²) in [6, 6.07) is 9.06. The fraction of sp³-hybridized carbons (Fsp3) is 0.529. The molecule has 1 unspecified atom stereocenters. The molecule has 2 amide bonds. The van der Waals surface area contributed by atoms with Gasteiger partial charge in [0.2, 0.25) is 11.8 Å². The van der Waals surface area contributed by atoms with Crippen molar-refractivity contribution in [2.45, 2.75) is 45.1 Å². The van der Waals surface area contributed by atoms with Crippen LogP contribution in [-0.4, -0.2) is 30.9 Å². The largest absolute Gasteiger partial charge is 0.354 e. The molecule has 0 fully saturated rings. The van der Waals surface area contributed by atoms with Crippen molar-refractivity contribution in [3.63, 3.8) is 0 Å². The maximum absolute atomic E-state index is 12.1. The summed E-state index contributed by atoms with van der Waals surface area (Å²) in [5.74, 6) is -0.234. The molecule has 0 spiro atoms. The standard InChI is InChI=1S/C17H27N3O2/c1-2-8-15(17(22)19-12-7-6-11-18)20-16(21)13-14-9-4-3-5-10-14/h3-5,9-10,15H,2,6-8,11-13,18H2,1H3,(H,19,22)(H,20,21). The number of amides is 2. The molecule has 1 aromatic carbocycles. The molecule has 22 heavy (non-hydrogen) atoms.